The average Bonchev–Trinajstić information content (AvgIpc) is 3.53. The van der Waals surface area contributed by atoms with E-state index in [-0.39, 0.29) is 5.75 Å². The summed E-state index contributed by atoms with van der Waals surface area (Å²) in [5.41, 5.74) is 14.5. The molecule has 2 saturated heterocycles. The minimum Gasteiger partial charge on any atom is -0.406 e. The number of aryl methyl sites for hydroxylation is 3. The Morgan fingerprint density at radius 3 is 2.14 bits per heavy atom. The Kier molecular flexibility index (Phi) is 8.77. The van der Waals surface area contributed by atoms with Crippen LogP contribution < -0.4 is 10.5 Å². The Morgan fingerprint density at radius 1 is 0.818 bits per heavy atom. The van der Waals surface area contributed by atoms with Crippen molar-refractivity contribution in [1.82, 2.24) is 14.4 Å². The van der Waals surface area contributed by atoms with Crippen LogP contribution in [0.1, 0.15) is 47.9 Å². The van der Waals surface area contributed by atoms with Crippen molar-refractivity contribution in [3.05, 3.63) is 89.1 Å². The normalized spacial score (nSPS) is 17.6. The summed E-state index contributed by atoms with van der Waals surface area (Å²) in [6, 6.07) is 19.7. The van der Waals surface area contributed by atoms with Crippen LogP contribution in [0.4, 0.5) is 13.2 Å². The number of nitrogens with zero attached hydrogens (tertiary/aromatic N) is 3. The molecular weight excluding hydrogens is 561 g/mol. The van der Waals surface area contributed by atoms with Crippen molar-refractivity contribution in [3.8, 4) is 16.9 Å². The fourth-order valence-corrected chi connectivity index (χ4v) is 7.39. The second-order valence-corrected chi connectivity index (χ2v) is 13.0. The second-order valence-electron chi connectivity index (χ2n) is 13.0. The molecular formula is C36H43F3N4O. The fraction of sp³-hybridized carbons (Fsp3) is 0.444. The van der Waals surface area contributed by atoms with Gasteiger partial charge in [-0.1, -0.05) is 47.5 Å². The molecule has 1 aromatic heterocycles. The van der Waals surface area contributed by atoms with Crippen LogP contribution in [-0.4, -0.2) is 53.5 Å². The number of hydrogen-bond donors (Lipinski definition) is 1. The van der Waals surface area contributed by atoms with E-state index in [0.29, 0.717) is 12.0 Å². The molecule has 8 heteroatoms. The predicted octanol–water partition coefficient (Wildman–Crippen LogP) is 7.66. The lowest BCUT2D eigenvalue weighted by molar-refractivity contribution is -0.274. The molecule has 0 bridgehead atoms. The Bertz CT molecular complexity index is 1570. The molecule has 3 heterocycles. The topological polar surface area (TPSA) is 46.7 Å². The monoisotopic (exact) mass is 604 g/mol. The number of ether oxygens (including phenoxy) is 1. The summed E-state index contributed by atoms with van der Waals surface area (Å²) < 4.78 is 44.4. The summed E-state index contributed by atoms with van der Waals surface area (Å²) >= 11 is 0. The zero-order valence-corrected chi connectivity index (χ0v) is 25.8. The number of benzene rings is 3. The van der Waals surface area contributed by atoms with E-state index in [0.717, 1.165) is 74.3 Å². The predicted molar refractivity (Wildman–Crippen MR) is 170 cm³/mol. The van der Waals surface area contributed by atoms with Gasteiger partial charge >= 0.3 is 6.36 Å². The van der Waals surface area contributed by atoms with E-state index in [2.05, 4.69) is 75.5 Å². The lowest BCUT2D eigenvalue weighted by Crippen LogP contribution is -2.41. The molecule has 234 valence electrons. The van der Waals surface area contributed by atoms with Crippen LogP contribution in [0.25, 0.3) is 22.0 Å². The van der Waals surface area contributed by atoms with Gasteiger partial charge in [-0.15, -0.1) is 13.2 Å². The molecule has 2 aliphatic rings. The number of alkyl halides is 3. The molecule has 2 fully saturated rings. The number of fused-ring (bicyclic) bond motifs is 1. The van der Waals surface area contributed by atoms with E-state index in [9.17, 15) is 13.2 Å². The van der Waals surface area contributed by atoms with E-state index < -0.39 is 6.36 Å². The SMILES string of the molecule is Cc1cc(C)cc(CN2CCC3(CC2)CCN(Cc2ccc4c(c2)c(-c2ccc(OC(F)(F)F)cc2)cn4CCCN)C3)c1. The third-order valence-corrected chi connectivity index (χ3v) is 9.48. The number of piperidine rings is 1. The fourth-order valence-electron chi connectivity index (χ4n) is 7.39. The summed E-state index contributed by atoms with van der Waals surface area (Å²) in [4.78, 5) is 5.23. The average molecular weight is 605 g/mol. The van der Waals surface area contributed by atoms with Gasteiger partial charge in [-0.25, -0.2) is 0 Å². The summed E-state index contributed by atoms with van der Waals surface area (Å²) in [6.07, 6.45) is 1.98. The van der Waals surface area contributed by atoms with E-state index in [1.54, 1.807) is 12.1 Å². The number of likely N-dealkylation sites (tertiary alicyclic amines) is 2. The van der Waals surface area contributed by atoms with E-state index in [1.165, 1.54) is 53.6 Å². The summed E-state index contributed by atoms with van der Waals surface area (Å²) in [6.45, 7) is 12.2. The largest absolute Gasteiger partial charge is 0.573 e. The quantitative estimate of drug-likeness (QED) is 0.213. The van der Waals surface area contributed by atoms with Gasteiger partial charge in [0.2, 0.25) is 0 Å². The van der Waals surface area contributed by atoms with Gasteiger partial charge in [0.15, 0.2) is 0 Å². The molecule has 5 nitrogen and oxygen atoms in total. The highest BCUT2D eigenvalue weighted by Crippen LogP contribution is 2.41. The van der Waals surface area contributed by atoms with Crippen molar-refractivity contribution in [1.29, 1.82) is 0 Å². The number of halogens is 3. The van der Waals surface area contributed by atoms with Gasteiger partial charge in [-0.3, -0.25) is 9.80 Å². The molecule has 44 heavy (non-hydrogen) atoms. The van der Waals surface area contributed by atoms with Crippen LogP contribution in [0.3, 0.4) is 0 Å². The molecule has 0 atom stereocenters. The first-order valence-electron chi connectivity index (χ1n) is 15.8. The van der Waals surface area contributed by atoms with Crippen molar-refractivity contribution in [2.45, 2.75) is 65.5 Å². The molecule has 1 spiro atoms. The Morgan fingerprint density at radius 2 is 1.48 bits per heavy atom. The summed E-state index contributed by atoms with van der Waals surface area (Å²) in [5.74, 6) is -0.215. The molecule has 2 N–H and O–H groups in total. The van der Waals surface area contributed by atoms with Gasteiger partial charge < -0.3 is 15.0 Å². The van der Waals surface area contributed by atoms with Crippen molar-refractivity contribution in [3.63, 3.8) is 0 Å². The lowest BCUT2D eigenvalue weighted by Gasteiger charge is -2.39. The zero-order chi connectivity index (χ0) is 30.9. The molecule has 4 aromatic rings. The Labute approximate surface area is 258 Å². The molecule has 2 aliphatic heterocycles. The van der Waals surface area contributed by atoms with Crippen LogP contribution in [0.5, 0.6) is 5.75 Å². The molecule has 6 rings (SSSR count). The lowest BCUT2D eigenvalue weighted by atomic mass is 9.77. The van der Waals surface area contributed by atoms with Crippen LogP contribution in [0.2, 0.25) is 0 Å². The molecule has 0 radical (unpaired) electrons. The van der Waals surface area contributed by atoms with Gasteiger partial charge in [0.1, 0.15) is 5.75 Å². The third-order valence-electron chi connectivity index (χ3n) is 9.48. The first-order valence-corrected chi connectivity index (χ1v) is 15.8. The number of aromatic nitrogens is 1. The van der Waals surface area contributed by atoms with E-state index >= 15 is 0 Å². The smallest absolute Gasteiger partial charge is 0.406 e. The molecule has 0 amide bonds. The Hall–Kier alpha value is -3.33. The number of rotatable bonds is 9. The highest BCUT2D eigenvalue weighted by molar-refractivity contribution is 5.96. The van der Waals surface area contributed by atoms with Crippen LogP contribution in [-0.2, 0) is 19.6 Å². The summed E-state index contributed by atoms with van der Waals surface area (Å²) in [7, 11) is 0. The first-order chi connectivity index (χ1) is 21.1. The van der Waals surface area contributed by atoms with Crippen molar-refractivity contribution < 1.29 is 17.9 Å². The highest BCUT2D eigenvalue weighted by atomic mass is 19.4. The zero-order valence-electron chi connectivity index (χ0n) is 25.8. The molecule has 3 aromatic carbocycles. The van der Waals surface area contributed by atoms with Gasteiger partial charge in [0, 0.05) is 48.8 Å². The Balaban J connectivity index is 1.14. The first kappa shape index (κ1) is 30.7. The van der Waals surface area contributed by atoms with Crippen molar-refractivity contribution in [2.75, 3.05) is 32.7 Å². The van der Waals surface area contributed by atoms with E-state index in [1.807, 2.05) is 0 Å². The highest BCUT2D eigenvalue weighted by Gasteiger charge is 2.40. The minimum absolute atomic E-state index is 0.215. The maximum absolute atomic E-state index is 12.7. The van der Waals surface area contributed by atoms with Crippen LogP contribution in [0, 0.1) is 19.3 Å². The maximum atomic E-state index is 12.7. The van der Waals surface area contributed by atoms with Gasteiger partial charge in [-0.2, -0.15) is 0 Å². The van der Waals surface area contributed by atoms with Crippen molar-refractivity contribution in [2.24, 2.45) is 11.1 Å². The van der Waals surface area contributed by atoms with Crippen LogP contribution >= 0.6 is 0 Å². The maximum Gasteiger partial charge on any atom is 0.573 e. The third kappa shape index (κ3) is 7.14. The molecule has 0 unspecified atom stereocenters. The van der Waals surface area contributed by atoms with Gasteiger partial charge in [0.05, 0.1) is 0 Å². The van der Waals surface area contributed by atoms with Crippen molar-refractivity contribution >= 4 is 10.9 Å². The van der Waals surface area contributed by atoms with Crippen LogP contribution in [0.15, 0.2) is 66.9 Å². The second kappa shape index (κ2) is 12.6. The minimum atomic E-state index is -4.71. The molecule has 0 saturated carbocycles. The standard InChI is InChI=1S/C36H43F3N4O/c1-26-18-27(2)20-29(19-26)23-41-15-10-35(11-16-41)12-17-42(25-35)22-28-4-9-34-32(21-28)33(24-43(34)14-3-13-40)30-5-7-31(8-6-30)44-36(37,38)39/h4-9,18-21,24H,3,10-17,22-23,25,40H2,1-2H3. The number of hydrogen-bond acceptors (Lipinski definition) is 4. The van der Waals surface area contributed by atoms with Gasteiger partial charge in [0.25, 0.3) is 0 Å². The summed E-state index contributed by atoms with van der Waals surface area (Å²) in [5, 5.41) is 1.11. The molecule has 0 aliphatic carbocycles. The van der Waals surface area contributed by atoms with E-state index in [4.69, 9.17) is 5.73 Å². The van der Waals surface area contributed by atoms with Gasteiger partial charge in [-0.05, 0) is 112 Å². The number of nitrogens with two attached hydrogens (primary N) is 1.